The Morgan fingerprint density at radius 3 is 2.80 bits per heavy atom. The number of carbonyl (C=O) groups is 1. The lowest BCUT2D eigenvalue weighted by Crippen LogP contribution is -2.33. The van der Waals surface area contributed by atoms with Crippen LogP contribution in [-0.4, -0.2) is 23.0 Å². The largest absolute Gasteiger partial charge is 0.504 e. The predicted molar refractivity (Wildman–Crippen MR) is 117 cm³/mol. The molecule has 0 bridgehead atoms. The fourth-order valence-corrected chi connectivity index (χ4v) is 4.89. The number of anilines is 1. The molecule has 1 atom stereocenters. The van der Waals surface area contributed by atoms with Gasteiger partial charge in [-0.1, -0.05) is 26.0 Å². The van der Waals surface area contributed by atoms with Gasteiger partial charge in [-0.05, 0) is 53.3 Å². The fraction of sp³-hybridized carbons (Fsp3) is 0.280. The lowest BCUT2D eigenvalue weighted by molar-refractivity contribution is -0.118. The molecule has 0 radical (unpaired) electrons. The van der Waals surface area contributed by atoms with Gasteiger partial charge in [-0.2, -0.15) is 0 Å². The first-order valence-corrected chi connectivity index (χ1v) is 10.2. The average molecular weight is 400 g/mol. The van der Waals surface area contributed by atoms with Gasteiger partial charge in [0.2, 0.25) is 0 Å². The number of allylic oxidation sites excluding steroid dienone is 2. The number of benzene rings is 2. The Kier molecular flexibility index (Phi) is 4.10. The van der Waals surface area contributed by atoms with Crippen molar-refractivity contribution in [3.8, 4) is 11.5 Å². The van der Waals surface area contributed by atoms with E-state index in [0.717, 1.165) is 45.4 Å². The van der Waals surface area contributed by atoms with E-state index in [2.05, 4.69) is 30.2 Å². The number of hydrogen-bond donors (Lipinski definition) is 2. The normalized spacial score (nSPS) is 19.8. The summed E-state index contributed by atoms with van der Waals surface area (Å²) in [6.07, 6.45) is 3.10. The molecule has 0 unspecified atom stereocenters. The number of phenolic OH excluding ortho intramolecular Hbond substituents is 1. The van der Waals surface area contributed by atoms with Crippen molar-refractivity contribution in [2.24, 2.45) is 5.41 Å². The van der Waals surface area contributed by atoms with Crippen molar-refractivity contribution in [3.05, 3.63) is 71.1 Å². The Labute approximate surface area is 175 Å². The summed E-state index contributed by atoms with van der Waals surface area (Å²) in [5.74, 6) is 0.400. The van der Waals surface area contributed by atoms with Gasteiger partial charge < -0.3 is 15.2 Å². The second kappa shape index (κ2) is 6.59. The number of pyridine rings is 1. The highest BCUT2D eigenvalue weighted by molar-refractivity contribution is 6.04. The third-order valence-corrected chi connectivity index (χ3v) is 6.15. The standard InChI is InChI=1S/C25H24N2O3/c1-25(2)12-18-24(20(29)13-25)22(14-6-9-19(28)21(11-14)30-3)23-15-5-4-10-26-16(15)7-8-17(23)27-18/h4-11,22,27-28H,12-13H2,1-3H3/t22-/m1/s1. The molecule has 5 heteroatoms. The number of phenols is 1. The molecule has 2 N–H and O–H groups in total. The molecule has 3 aromatic rings. The summed E-state index contributed by atoms with van der Waals surface area (Å²) in [6.45, 7) is 4.27. The molecule has 2 heterocycles. The molecule has 0 fully saturated rings. The summed E-state index contributed by atoms with van der Waals surface area (Å²) in [5.41, 5.74) is 5.56. The van der Waals surface area contributed by atoms with Crippen LogP contribution in [0, 0.1) is 5.41 Å². The molecule has 152 valence electrons. The van der Waals surface area contributed by atoms with Crippen molar-refractivity contribution in [2.75, 3.05) is 12.4 Å². The summed E-state index contributed by atoms with van der Waals surface area (Å²) < 4.78 is 5.37. The van der Waals surface area contributed by atoms with E-state index in [1.54, 1.807) is 12.3 Å². The second-order valence-electron chi connectivity index (χ2n) is 8.92. The zero-order valence-corrected chi connectivity index (χ0v) is 17.3. The molecular formula is C25H24N2O3. The number of fused-ring (bicyclic) bond motifs is 3. The van der Waals surface area contributed by atoms with Crippen molar-refractivity contribution < 1.29 is 14.6 Å². The number of ether oxygens (including phenoxy) is 1. The third-order valence-electron chi connectivity index (χ3n) is 6.15. The van der Waals surface area contributed by atoms with E-state index < -0.39 is 0 Å². The van der Waals surface area contributed by atoms with E-state index >= 15 is 0 Å². The smallest absolute Gasteiger partial charge is 0.162 e. The fourth-order valence-electron chi connectivity index (χ4n) is 4.89. The van der Waals surface area contributed by atoms with Gasteiger partial charge in [0.1, 0.15) is 0 Å². The number of rotatable bonds is 2. The van der Waals surface area contributed by atoms with Crippen LogP contribution in [0.5, 0.6) is 11.5 Å². The Morgan fingerprint density at radius 2 is 2.00 bits per heavy atom. The van der Waals surface area contributed by atoms with E-state index in [4.69, 9.17) is 4.74 Å². The quantitative estimate of drug-likeness (QED) is 0.622. The van der Waals surface area contributed by atoms with Crippen LogP contribution < -0.4 is 10.1 Å². The summed E-state index contributed by atoms with van der Waals surface area (Å²) in [6, 6.07) is 13.4. The predicted octanol–water partition coefficient (Wildman–Crippen LogP) is 5.15. The lowest BCUT2D eigenvalue weighted by atomic mass is 9.68. The van der Waals surface area contributed by atoms with Gasteiger partial charge in [-0.15, -0.1) is 0 Å². The van der Waals surface area contributed by atoms with Crippen molar-refractivity contribution >= 4 is 22.4 Å². The van der Waals surface area contributed by atoms with Crippen LogP contribution in [0.15, 0.2) is 59.9 Å². The first kappa shape index (κ1) is 18.7. The van der Waals surface area contributed by atoms with Gasteiger partial charge in [0.25, 0.3) is 0 Å². The Morgan fingerprint density at radius 1 is 1.17 bits per heavy atom. The number of nitrogens with zero attached hydrogens (tertiary/aromatic N) is 1. The van der Waals surface area contributed by atoms with Crippen LogP contribution in [0.1, 0.15) is 43.7 Å². The summed E-state index contributed by atoms with van der Waals surface area (Å²) in [7, 11) is 1.54. The molecule has 5 nitrogen and oxygen atoms in total. The molecule has 0 saturated heterocycles. The van der Waals surface area contributed by atoms with Gasteiger partial charge in [0, 0.05) is 40.9 Å². The number of nitrogens with one attached hydrogen (secondary N) is 1. The minimum absolute atomic E-state index is 0.0836. The van der Waals surface area contributed by atoms with Crippen LogP contribution >= 0.6 is 0 Å². The zero-order valence-electron chi connectivity index (χ0n) is 17.3. The van der Waals surface area contributed by atoms with E-state index in [1.807, 2.05) is 30.3 Å². The molecular weight excluding hydrogens is 376 g/mol. The van der Waals surface area contributed by atoms with E-state index in [1.165, 1.54) is 7.11 Å². The molecule has 1 aromatic heterocycles. The second-order valence-corrected chi connectivity index (χ2v) is 8.92. The zero-order chi connectivity index (χ0) is 21.0. The van der Waals surface area contributed by atoms with Gasteiger partial charge in [-0.25, -0.2) is 0 Å². The maximum absolute atomic E-state index is 13.4. The highest BCUT2D eigenvalue weighted by atomic mass is 16.5. The SMILES string of the molecule is COc1cc([C@H]2C3=C(CC(C)(C)CC3=O)Nc3ccc4ncccc4c32)ccc1O. The van der Waals surface area contributed by atoms with Crippen LogP contribution in [0.4, 0.5) is 5.69 Å². The van der Waals surface area contributed by atoms with E-state index in [-0.39, 0.29) is 22.9 Å². The monoisotopic (exact) mass is 400 g/mol. The van der Waals surface area contributed by atoms with Crippen LogP contribution in [0.3, 0.4) is 0 Å². The molecule has 2 aliphatic rings. The molecule has 1 aliphatic heterocycles. The number of hydrogen-bond acceptors (Lipinski definition) is 5. The van der Waals surface area contributed by atoms with Crippen LogP contribution in [0.2, 0.25) is 0 Å². The summed E-state index contributed by atoms with van der Waals surface area (Å²) >= 11 is 0. The van der Waals surface area contributed by atoms with Crippen LogP contribution in [0.25, 0.3) is 10.9 Å². The van der Waals surface area contributed by atoms with Crippen LogP contribution in [-0.2, 0) is 4.79 Å². The van der Waals surface area contributed by atoms with Gasteiger partial charge in [0.15, 0.2) is 17.3 Å². The molecule has 0 saturated carbocycles. The third kappa shape index (κ3) is 2.84. The first-order valence-electron chi connectivity index (χ1n) is 10.2. The molecule has 30 heavy (non-hydrogen) atoms. The average Bonchev–Trinajstić information content (AvgIpc) is 2.71. The highest BCUT2D eigenvalue weighted by Gasteiger charge is 2.41. The van der Waals surface area contributed by atoms with Crippen molar-refractivity contribution in [1.82, 2.24) is 4.98 Å². The topological polar surface area (TPSA) is 71.5 Å². The first-order chi connectivity index (χ1) is 14.4. The number of aromatic nitrogens is 1. The van der Waals surface area contributed by atoms with Crippen molar-refractivity contribution in [3.63, 3.8) is 0 Å². The number of ketones is 1. The molecule has 1 aliphatic carbocycles. The highest BCUT2D eigenvalue weighted by Crippen LogP contribution is 2.51. The Balaban J connectivity index is 1.82. The van der Waals surface area contributed by atoms with Gasteiger partial charge in [-0.3, -0.25) is 9.78 Å². The van der Waals surface area contributed by atoms with Gasteiger partial charge in [0.05, 0.1) is 12.6 Å². The molecule has 0 amide bonds. The molecule has 2 aromatic carbocycles. The number of Topliss-reactive ketones (excluding diaryl/α,β-unsaturated/α-hetero) is 1. The maximum atomic E-state index is 13.4. The minimum atomic E-state index is -0.248. The lowest BCUT2D eigenvalue weighted by Gasteiger charge is -2.40. The van der Waals surface area contributed by atoms with E-state index in [0.29, 0.717) is 12.2 Å². The van der Waals surface area contributed by atoms with E-state index in [9.17, 15) is 9.90 Å². The Bertz CT molecular complexity index is 1230. The molecule has 5 rings (SSSR count). The summed E-state index contributed by atoms with van der Waals surface area (Å²) in [5, 5.41) is 14.7. The Hall–Kier alpha value is -3.34. The number of aromatic hydroxyl groups is 1. The number of carbonyl (C=O) groups excluding carboxylic acids is 1. The maximum Gasteiger partial charge on any atom is 0.162 e. The minimum Gasteiger partial charge on any atom is -0.504 e. The summed E-state index contributed by atoms with van der Waals surface area (Å²) in [4.78, 5) is 17.9. The van der Waals surface area contributed by atoms with Crippen molar-refractivity contribution in [2.45, 2.75) is 32.6 Å². The number of methoxy groups -OCH3 is 1. The van der Waals surface area contributed by atoms with Crippen molar-refractivity contribution in [1.29, 1.82) is 0 Å². The van der Waals surface area contributed by atoms with Gasteiger partial charge >= 0.3 is 0 Å². The molecule has 0 spiro atoms.